The van der Waals surface area contributed by atoms with Crippen molar-refractivity contribution in [2.75, 3.05) is 37.7 Å². The fourth-order valence-corrected chi connectivity index (χ4v) is 2.56. The second-order valence-electron chi connectivity index (χ2n) is 4.12. The number of piperazine rings is 1. The third-order valence-corrected chi connectivity index (χ3v) is 3.56. The van der Waals surface area contributed by atoms with Gasteiger partial charge in [-0.3, -0.25) is 4.79 Å². The number of rotatable bonds is 2. The predicted molar refractivity (Wildman–Crippen MR) is 72.3 cm³/mol. The van der Waals surface area contributed by atoms with Gasteiger partial charge >= 0.3 is 0 Å². The number of anilines is 1. The molecule has 0 radical (unpaired) electrons. The molecule has 1 fully saturated rings. The van der Waals surface area contributed by atoms with Gasteiger partial charge in [0.1, 0.15) is 6.61 Å². The standard InChI is InChI=1S/C12H14Cl2N2O2/c13-9-1-2-11(10(14)7-9)15-3-5-16(6-4-15)12(18)8-17/h1-2,7,17H,3-6,8H2. The minimum absolute atomic E-state index is 0.225. The number of carbonyl (C=O) groups excluding carboxylic acids is 1. The van der Waals surface area contributed by atoms with E-state index in [1.54, 1.807) is 17.0 Å². The lowest BCUT2D eigenvalue weighted by Gasteiger charge is -2.36. The highest BCUT2D eigenvalue weighted by Crippen LogP contribution is 2.29. The van der Waals surface area contributed by atoms with Gasteiger partial charge in [0.05, 0.1) is 10.7 Å². The molecule has 2 rings (SSSR count). The molecule has 98 valence electrons. The molecule has 1 aliphatic heterocycles. The molecule has 1 saturated heterocycles. The summed E-state index contributed by atoms with van der Waals surface area (Å²) in [6.07, 6.45) is 0. The fraction of sp³-hybridized carbons (Fsp3) is 0.417. The van der Waals surface area contributed by atoms with Crippen molar-refractivity contribution in [3.8, 4) is 0 Å². The van der Waals surface area contributed by atoms with Gasteiger partial charge in [0, 0.05) is 31.2 Å². The summed E-state index contributed by atoms with van der Waals surface area (Å²) < 4.78 is 0. The van der Waals surface area contributed by atoms with Crippen molar-refractivity contribution in [1.82, 2.24) is 4.90 Å². The van der Waals surface area contributed by atoms with E-state index in [1.807, 2.05) is 6.07 Å². The molecule has 1 aromatic carbocycles. The quantitative estimate of drug-likeness (QED) is 0.900. The number of amides is 1. The normalized spacial score (nSPS) is 15.9. The monoisotopic (exact) mass is 288 g/mol. The Balaban J connectivity index is 2.03. The summed E-state index contributed by atoms with van der Waals surface area (Å²) in [5.74, 6) is -0.225. The van der Waals surface area contributed by atoms with Crippen molar-refractivity contribution >= 4 is 34.8 Å². The summed E-state index contributed by atoms with van der Waals surface area (Å²) in [6, 6.07) is 5.39. The van der Waals surface area contributed by atoms with E-state index in [4.69, 9.17) is 28.3 Å². The summed E-state index contributed by atoms with van der Waals surface area (Å²) >= 11 is 12.0. The van der Waals surface area contributed by atoms with Gasteiger partial charge in [-0.15, -0.1) is 0 Å². The Morgan fingerprint density at radius 3 is 2.44 bits per heavy atom. The first-order valence-electron chi connectivity index (χ1n) is 5.70. The van der Waals surface area contributed by atoms with Crippen LogP contribution in [0, 0.1) is 0 Å². The highest BCUT2D eigenvalue weighted by atomic mass is 35.5. The summed E-state index contributed by atoms with van der Waals surface area (Å²) in [7, 11) is 0. The van der Waals surface area contributed by atoms with E-state index < -0.39 is 6.61 Å². The van der Waals surface area contributed by atoms with Gasteiger partial charge in [-0.1, -0.05) is 23.2 Å². The van der Waals surface area contributed by atoms with Crippen molar-refractivity contribution in [1.29, 1.82) is 0 Å². The molecule has 1 aromatic rings. The second kappa shape index (κ2) is 5.78. The number of benzene rings is 1. The fourth-order valence-electron chi connectivity index (χ4n) is 2.03. The molecule has 0 bridgehead atoms. The maximum Gasteiger partial charge on any atom is 0.248 e. The minimum Gasteiger partial charge on any atom is -0.387 e. The molecule has 0 saturated carbocycles. The van der Waals surface area contributed by atoms with E-state index in [-0.39, 0.29) is 5.91 Å². The van der Waals surface area contributed by atoms with Crippen molar-refractivity contribution in [2.24, 2.45) is 0 Å². The molecule has 0 spiro atoms. The Labute approximate surface area is 116 Å². The minimum atomic E-state index is -0.429. The average molecular weight is 289 g/mol. The topological polar surface area (TPSA) is 43.8 Å². The summed E-state index contributed by atoms with van der Waals surface area (Å²) in [5, 5.41) is 10.0. The summed E-state index contributed by atoms with van der Waals surface area (Å²) in [6.45, 7) is 2.17. The van der Waals surface area contributed by atoms with E-state index in [2.05, 4.69) is 4.90 Å². The van der Waals surface area contributed by atoms with Gasteiger partial charge in [-0.2, -0.15) is 0 Å². The number of aliphatic hydroxyl groups is 1. The highest BCUT2D eigenvalue weighted by molar-refractivity contribution is 6.36. The molecule has 18 heavy (non-hydrogen) atoms. The summed E-state index contributed by atoms with van der Waals surface area (Å²) in [5.41, 5.74) is 0.928. The molecule has 1 N–H and O–H groups in total. The zero-order chi connectivity index (χ0) is 13.1. The second-order valence-corrected chi connectivity index (χ2v) is 4.97. The van der Waals surface area contributed by atoms with Gasteiger partial charge in [-0.25, -0.2) is 0 Å². The molecule has 1 aliphatic rings. The number of halogens is 2. The third-order valence-electron chi connectivity index (χ3n) is 3.02. The third kappa shape index (κ3) is 2.88. The van der Waals surface area contributed by atoms with Gasteiger partial charge in [0.15, 0.2) is 0 Å². The molecular weight excluding hydrogens is 275 g/mol. The number of carbonyl (C=O) groups is 1. The van der Waals surface area contributed by atoms with Crippen LogP contribution in [0.15, 0.2) is 18.2 Å². The van der Waals surface area contributed by atoms with Crippen LogP contribution in [-0.2, 0) is 4.79 Å². The lowest BCUT2D eigenvalue weighted by atomic mass is 10.2. The van der Waals surface area contributed by atoms with Crippen LogP contribution in [0.3, 0.4) is 0 Å². The zero-order valence-electron chi connectivity index (χ0n) is 9.77. The van der Waals surface area contributed by atoms with E-state index >= 15 is 0 Å². The van der Waals surface area contributed by atoms with Crippen LogP contribution in [0.1, 0.15) is 0 Å². The van der Waals surface area contributed by atoms with Crippen molar-refractivity contribution in [3.05, 3.63) is 28.2 Å². The van der Waals surface area contributed by atoms with Crippen LogP contribution >= 0.6 is 23.2 Å². The van der Waals surface area contributed by atoms with Crippen molar-refractivity contribution < 1.29 is 9.90 Å². The molecular formula is C12H14Cl2N2O2. The SMILES string of the molecule is O=C(CO)N1CCN(c2ccc(Cl)cc2Cl)CC1. The Kier molecular flexibility index (Phi) is 4.32. The number of hydrogen-bond donors (Lipinski definition) is 1. The predicted octanol–water partition coefficient (Wildman–Crippen LogP) is 1.63. The highest BCUT2D eigenvalue weighted by Gasteiger charge is 2.21. The van der Waals surface area contributed by atoms with E-state index in [9.17, 15) is 4.79 Å². The molecule has 0 atom stereocenters. The molecule has 4 nitrogen and oxygen atoms in total. The molecule has 0 aliphatic carbocycles. The Morgan fingerprint density at radius 1 is 1.22 bits per heavy atom. The van der Waals surface area contributed by atoms with Crippen molar-refractivity contribution in [2.45, 2.75) is 0 Å². The van der Waals surface area contributed by atoms with Crippen LogP contribution in [0.5, 0.6) is 0 Å². The van der Waals surface area contributed by atoms with Gasteiger partial charge in [-0.05, 0) is 18.2 Å². The lowest BCUT2D eigenvalue weighted by molar-refractivity contribution is -0.134. The summed E-state index contributed by atoms with van der Waals surface area (Å²) in [4.78, 5) is 15.1. The lowest BCUT2D eigenvalue weighted by Crippen LogP contribution is -2.49. The molecule has 6 heteroatoms. The zero-order valence-corrected chi connectivity index (χ0v) is 11.3. The Hall–Kier alpha value is -0.970. The van der Waals surface area contributed by atoms with Crippen LogP contribution in [0.4, 0.5) is 5.69 Å². The Bertz CT molecular complexity index is 446. The van der Waals surface area contributed by atoms with Gasteiger partial charge < -0.3 is 14.9 Å². The first-order valence-corrected chi connectivity index (χ1v) is 6.46. The van der Waals surface area contributed by atoms with E-state index in [0.29, 0.717) is 36.2 Å². The van der Waals surface area contributed by atoms with Crippen molar-refractivity contribution in [3.63, 3.8) is 0 Å². The largest absolute Gasteiger partial charge is 0.387 e. The number of nitrogens with zero attached hydrogens (tertiary/aromatic N) is 2. The Morgan fingerprint density at radius 2 is 1.89 bits per heavy atom. The first-order chi connectivity index (χ1) is 8.61. The van der Waals surface area contributed by atoms with Gasteiger partial charge in [0.25, 0.3) is 0 Å². The molecule has 0 unspecified atom stereocenters. The van der Waals surface area contributed by atoms with Crippen LogP contribution in [-0.4, -0.2) is 48.7 Å². The van der Waals surface area contributed by atoms with Gasteiger partial charge in [0.2, 0.25) is 5.91 Å². The molecule has 1 amide bonds. The number of aliphatic hydroxyl groups excluding tert-OH is 1. The molecule has 0 aromatic heterocycles. The smallest absolute Gasteiger partial charge is 0.248 e. The maximum atomic E-state index is 11.3. The first kappa shape index (κ1) is 13.5. The average Bonchev–Trinajstić information content (AvgIpc) is 2.38. The van der Waals surface area contributed by atoms with Crippen LogP contribution in [0.25, 0.3) is 0 Å². The van der Waals surface area contributed by atoms with E-state index in [1.165, 1.54) is 0 Å². The van der Waals surface area contributed by atoms with E-state index in [0.717, 1.165) is 5.69 Å². The van der Waals surface area contributed by atoms with Crippen LogP contribution < -0.4 is 4.90 Å². The van der Waals surface area contributed by atoms with Crippen LogP contribution in [0.2, 0.25) is 10.0 Å². The number of hydrogen-bond acceptors (Lipinski definition) is 3. The molecule has 1 heterocycles. The maximum absolute atomic E-state index is 11.3.